The number of benzene rings is 1. The molecule has 2 aliphatic carbocycles. The van der Waals surface area contributed by atoms with Crippen LogP contribution in [0.15, 0.2) is 10.9 Å². The van der Waals surface area contributed by atoms with Crippen molar-refractivity contribution in [1.82, 2.24) is 15.3 Å². The summed E-state index contributed by atoms with van der Waals surface area (Å²) in [5.74, 6) is -0.667. The third-order valence-corrected chi connectivity index (χ3v) is 7.58. The summed E-state index contributed by atoms with van der Waals surface area (Å²) >= 11 is 1.70. The molecule has 0 spiro atoms. The second-order valence-electron chi connectivity index (χ2n) is 8.86. The number of anilines is 1. The Morgan fingerprint density at radius 3 is 2.55 bits per heavy atom. The van der Waals surface area contributed by atoms with E-state index in [0.29, 0.717) is 22.7 Å². The number of nitrogens with one attached hydrogen (secondary N) is 3. The van der Waals surface area contributed by atoms with Gasteiger partial charge >= 0.3 is 0 Å². The molecule has 3 N–H and O–H groups in total. The maximum Gasteiger partial charge on any atom is 0.261 e. The topological polar surface area (TPSA) is 86.9 Å². The lowest BCUT2D eigenvalue weighted by molar-refractivity contribution is -0.119. The Morgan fingerprint density at radius 2 is 1.90 bits per heavy atom. The third-order valence-electron chi connectivity index (χ3n) is 6.20. The maximum atomic E-state index is 14.6. The van der Waals surface area contributed by atoms with Crippen molar-refractivity contribution < 1.29 is 13.6 Å². The molecular weight excluding hydrogens is 422 g/mol. The zero-order valence-electron chi connectivity index (χ0n) is 17.8. The van der Waals surface area contributed by atoms with E-state index in [9.17, 15) is 18.4 Å². The van der Waals surface area contributed by atoms with Gasteiger partial charge in [-0.3, -0.25) is 9.59 Å². The van der Waals surface area contributed by atoms with Gasteiger partial charge in [0.1, 0.15) is 11.2 Å². The second kappa shape index (κ2) is 9.14. The molecule has 2 aromatic rings. The molecule has 0 unspecified atom stereocenters. The van der Waals surface area contributed by atoms with Gasteiger partial charge in [0.15, 0.2) is 11.6 Å². The third kappa shape index (κ3) is 5.02. The molecule has 1 amide bonds. The molecule has 168 valence electrons. The van der Waals surface area contributed by atoms with Crippen molar-refractivity contribution >= 4 is 34.3 Å². The highest BCUT2D eigenvalue weighted by Gasteiger charge is 2.27. The number of hydrogen-bond donors (Lipinski definition) is 3. The van der Waals surface area contributed by atoms with Crippen LogP contribution in [0.2, 0.25) is 0 Å². The monoisotopic (exact) mass is 450 g/mol. The number of carbonyl (C=O) groups excluding carboxylic acids is 1. The minimum atomic E-state index is -1.16. The summed E-state index contributed by atoms with van der Waals surface area (Å²) < 4.78 is 29.1. The molecule has 2 saturated carbocycles. The fourth-order valence-electron chi connectivity index (χ4n) is 4.56. The standard InChI is InChI=1S/C22H28F2N4O2S/c1-11-7-14(8-11)26-17-9-16-19(21(24)20(17)23)22(30)28-18(27-16)10-31-15-5-3-13(4-6-15)25-12(2)29/h9,11,13-15,26H,3-8,10H2,1-2H3,(H,25,29)(H,27,28,30)/t11-,13-,14+,15-. The lowest BCUT2D eigenvalue weighted by Crippen LogP contribution is -2.36. The molecule has 9 heteroatoms. The number of fused-ring (bicyclic) bond motifs is 1. The van der Waals surface area contributed by atoms with Gasteiger partial charge in [-0.15, -0.1) is 0 Å². The summed E-state index contributed by atoms with van der Waals surface area (Å²) in [6.45, 7) is 3.65. The Hall–Kier alpha value is -2.16. The average Bonchev–Trinajstić information content (AvgIpc) is 2.69. The van der Waals surface area contributed by atoms with E-state index in [-0.39, 0.29) is 34.6 Å². The fourth-order valence-corrected chi connectivity index (χ4v) is 5.69. The van der Waals surface area contributed by atoms with Gasteiger partial charge in [-0.1, -0.05) is 6.92 Å². The van der Waals surface area contributed by atoms with Crippen molar-refractivity contribution in [1.29, 1.82) is 0 Å². The summed E-state index contributed by atoms with van der Waals surface area (Å²) in [4.78, 5) is 30.7. The van der Waals surface area contributed by atoms with Crippen LogP contribution in [0.1, 0.15) is 58.2 Å². The minimum Gasteiger partial charge on any atom is -0.380 e. The predicted octanol–water partition coefficient (Wildman–Crippen LogP) is 4.09. The van der Waals surface area contributed by atoms with Gasteiger partial charge in [0.2, 0.25) is 5.91 Å². The number of nitrogens with zero attached hydrogens (tertiary/aromatic N) is 1. The van der Waals surface area contributed by atoms with Gasteiger partial charge in [-0.25, -0.2) is 13.8 Å². The SMILES string of the molecule is CC(=O)N[C@H]1CC[C@H](SCc2nc3cc(N[C@H]4C[C@@H](C)C4)c(F)c(F)c3c(=O)[nH]2)CC1. The average molecular weight is 451 g/mol. The molecule has 4 rings (SSSR count). The van der Waals surface area contributed by atoms with Crippen molar-refractivity contribution in [3.63, 3.8) is 0 Å². The van der Waals surface area contributed by atoms with E-state index < -0.39 is 17.2 Å². The van der Waals surface area contributed by atoms with Crippen LogP contribution in [0.5, 0.6) is 0 Å². The molecule has 6 nitrogen and oxygen atoms in total. The highest BCUT2D eigenvalue weighted by Crippen LogP contribution is 2.33. The van der Waals surface area contributed by atoms with E-state index in [1.807, 2.05) is 0 Å². The number of carbonyl (C=O) groups is 1. The first-order valence-corrected chi connectivity index (χ1v) is 11.9. The highest BCUT2D eigenvalue weighted by molar-refractivity contribution is 7.99. The van der Waals surface area contributed by atoms with E-state index in [0.717, 1.165) is 38.5 Å². The Morgan fingerprint density at radius 1 is 1.19 bits per heavy atom. The summed E-state index contributed by atoms with van der Waals surface area (Å²) in [5.41, 5.74) is -0.424. The summed E-state index contributed by atoms with van der Waals surface area (Å²) in [6, 6.07) is 1.79. The van der Waals surface area contributed by atoms with Crippen LogP contribution < -0.4 is 16.2 Å². The van der Waals surface area contributed by atoms with E-state index in [2.05, 4.69) is 27.5 Å². The lowest BCUT2D eigenvalue weighted by atomic mass is 9.82. The lowest BCUT2D eigenvalue weighted by Gasteiger charge is -2.34. The Labute approximate surface area is 184 Å². The zero-order valence-corrected chi connectivity index (χ0v) is 18.6. The summed E-state index contributed by atoms with van der Waals surface area (Å²) in [7, 11) is 0. The number of hydrogen-bond acceptors (Lipinski definition) is 5. The number of aromatic amines is 1. The molecule has 2 fully saturated rings. The Bertz CT molecular complexity index is 1030. The normalized spacial score (nSPS) is 25.8. The van der Waals surface area contributed by atoms with Crippen LogP contribution in [0.3, 0.4) is 0 Å². The van der Waals surface area contributed by atoms with Gasteiger partial charge in [-0.2, -0.15) is 11.8 Å². The van der Waals surface area contributed by atoms with Crippen molar-refractivity contribution in [2.24, 2.45) is 5.92 Å². The fraction of sp³-hybridized carbons (Fsp3) is 0.591. The van der Waals surface area contributed by atoms with Crippen LogP contribution in [-0.4, -0.2) is 33.2 Å². The van der Waals surface area contributed by atoms with Crippen LogP contribution in [0, 0.1) is 17.6 Å². The van der Waals surface area contributed by atoms with Gasteiger partial charge in [0.25, 0.3) is 5.56 Å². The molecule has 0 atom stereocenters. The van der Waals surface area contributed by atoms with Crippen molar-refractivity contribution in [3.05, 3.63) is 33.9 Å². The second-order valence-corrected chi connectivity index (χ2v) is 10.2. The van der Waals surface area contributed by atoms with E-state index >= 15 is 0 Å². The highest BCUT2D eigenvalue weighted by atomic mass is 32.2. The number of thioether (sulfide) groups is 1. The van der Waals surface area contributed by atoms with Gasteiger partial charge in [-0.05, 0) is 50.5 Å². The Balaban J connectivity index is 1.46. The molecule has 31 heavy (non-hydrogen) atoms. The minimum absolute atomic E-state index is 0.00149. The van der Waals surface area contributed by atoms with Gasteiger partial charge < -0.3 is 15.6 Å². The number of amides is 1. The molecule has 2 aliphatic rings. The van der Waals surface area contributed by atoms with Gasteiger partial charge in [0, 0.05) is 24.3 Å². The summed E-state index contributed by atoms with van der Waals surface area (Å²) in [6.07, 6.45) is 5.63. The van der Waals surface area contributed by atoms with Crippen molar-refractivity contribution in [3.8, 4) is 0 Å². The maximum absolute atomic E-state index is 14.6. The number of aromatic nitrogens is 2. The Kier molecular flexibility index (Phi) is 6.50. The van der Waals surface area contributed by atoms with Crippen molar-refractivity contribution in [2.75, 3.05) is 5.32 Å². The van der Waals surface area contributed by atoms with E-state index in [1.54, 1.807) is 11.8 Å². The molecular formula is C22H28F2N4O2S. The first kappa shape index (κ1) is 22.0. The first-order chi connectivity index (χ1) is 14.8. The molecule has 0 saturated heterocycles. The van der Waals surface area contributed by atoms with Crippen LogP contribution in [0.25, 0.3) is 10.9 Å². The quantitative estimate of drug-likeness (QED) is 0.617. The van der Waals surface area contributed by atoms with Crippen LogP contribution in [-0.2, 0) is 10.5 Å². The molecule has 0 bridgehead atoms. The zero-order chi connectivity index (χ0) is 22.1. The van der Waals surface area contributed by atoms with Crippen LogP contribution >= 0.6 is 11.8 Å². The number of rotatable bonds is 6. The summed E-state index contributed by atoms with van der Waals surface area (Å²) in [5, 5.41) is 6.08. The number of halogens is 2. The molecule has 0 aliphatic heterocycles. The van der Waals surface area contributed by atoms with Crippen molar-refractivity contribution in [2.45, 2.75) is 75.5 Å². The molecule has 1 aromatic heterocycles. The molecule has 0 radical (unpaired) electrons. The van der Waals surface area contributed by atoms with E-state index in [4.69, 9.17) is 0 Å². The molecule has 1 aromatic carbocycles. The molecule has 1 heterocycles. The van der Waals surface area contributed by atoms with E-state index in [1.165, 1.54) is 13.0 Å². The van der Waals surface area contributed by atoms with Crippen LogP contribution in [0.4, 0.5) is 14.5 Å². The smallest absolute Gasteiger partial charge is 0.261 e. The van der Waals surface area contributed by atoms with Gasteiger partial charge in [0.05, 0.1) is 17.0 Å². The number of H-pyrrole nitrogens is 1. The largest absolute Gasteiger partial charge is 0.380 e. The predicted molar refractivity (Wildman–Crippen MR) is 119 cm³/mol. The first-order valence-electron chi connectivity index (χ1n) is 10.9.